The Bertz CT molecular complexity index is 273. The zero-order chi connectivity index (χ0) is 12.3. The van der Waals surface area contributed by atoms with E-state index in [4.69, 9.17) is 4.74 Å². The van der Waals surface area contributed by atoms with Crippen LogP contribution in [0.4, 0.5) is 0 Å². The number of hydrogen-bond donors (Lipinski definition) is 1. The Morgan fingerprint density at radius 3 is 3.00 bits per heavy atom. The second-order valence-electron chi connectivity index (χ2n) is 5.84. The molecular formula is C13H24N2O2. The summed E-state index contributed by atoms with van der Waals surface area (Å²) < 4.78 is 5.63. The van der Waals surface area contributed by atoms with Crippen LogP contribution in [-0.4, -0.2) is 49.2 Å². The minimum absolute atomic E-state index is 0.182. The van der Waals surface area contributed by atoms with Gasteiger partial charge < -0.3 is 15.0 Å². The molecule has 2 heterocycles. The van der Waals surface area contributed by atoms with Crippen molar-refractivity contribution in [1.29, 1.82) is 0 Å². The van der Waals surface area contributed by atoms with Gasteiger partial charge in [0.15, 0.2) is 0 Å². The van der Waals surface area contributed by atoms with Gasteiger partial charge in [0.05, 0.1) is 12.2 Å². The largest absolute Gasteiger partial charge is 0.372 e. The molecule has 0 aromatic rings. The second-order valence-corrected chi connectivity index (χ2v) is 5.84. The lowest BCUT2D eigenvalue weighted by atomic mass is 9.95. The predicted molar refractivity (Wildman–Crippen MR) is 66.8 cm³/mol. The topological polar surface area (TPSA) is 41.6 Å². The van der Waals surface area contributed by atoms with Crippen molar-refractivity contribution < 1.29 is 9.53 Å². The van der Waals surface area contributed by atoms with Crippen LogP contribution in [0.25, 0.3) is 0 Å². The van der Waals surface area contributed by atoms with Gasteiger partial charge in [0.25, 0.3) is 0 Å². The molecule has 2 rings (SSSR count). The Labute approximate surface area is 104 Å². The fourth-order valence-corrected chi connectivity index (χ4v) is 2.70. The Balaban J connectivity index is 1.82. The van der Waals surface area contributed by atoms with E-state index < -0.39 is 0 Å². The van der Waals surface area contributed by atoms with Crippen molar-refractivity contribution in [1.82, 2.24) is 10.2 Å². The standard InChI is InChI=1S/C13H24N2O2/c1-13(2)10-15(6-7-17-13)12(16)8-11-4-3-5-14-9-11/h11,14H,3-10H2,1-2H3. The van der Waals surface area contributed by atoms with Crippen molar-refractivity contribution in [2.24, 2.45) is 5.92 Å². The summed E-state index contributed by atoms with van der Waals surface area (Å²) in [6, 6.07) is 0. The van der Waals surface area contributed by atoms with Crippen molar-refractivity contribution in [2.45, 2.75) is 38.7 Å². The molecule has 1 atom stereocenters. The van der Waals surface area contributed by atoms with E-state index in [9.17, 15) is 4.79 Å². The van der Waals surface area contributed by atoms with E-state index in [1.54, 1.807) is 0 Å². The summed E-state index contributed by atoms with van der Waals surface area (Å²) in [5.74, 6) is 0.831. The zero-order valence-corrected chi connectivity index (χ0v) is 11.0. The maximum atomic E-state index is 12.2. The van der Waals surface area contributed by atoms with Gasteiger partial charge in [-0.25, -0.2) is 0 Å². The van der Waals surface area contributed by atoms with Crippen molar-refractivity contribution in [3.05, 3.63) is 0 Å². The van der Waals surface area contributed by atoms with Gasteiger partial charge in [-0.1, -0.05) is 0 Å². The number of carbonyl (C=O) groups excluding carboxylic acids is 1. The van der Waals surface area contributed by atoms with Crippen molar-refractivity contribution in [3.63, 3.8) is 0 Å². The van der Waals surface area contributed by atoms with Gasteiger partial charge in [-0.2, -0.15) is 0 Å². The quantitative estimate of drug-likeness (QED) is 0.783. The zero-order valence-electron chi connectivity index (χ0n) is 11.0. The Morgan fingerprint density at radius 2 is 2.35 bits per heavy atom. The summed E-state index contributed by atoms with van der Waals surface area (Å²) in [6.45, 7) is 8.36. The third kappa shape index (κ3) is 3.68. The highest BCUT2D eigenvalue weighted by Gasteiger charge is 2.30. The number of amides is 1. The average molecular weight is 240 g/mol. The fourth-order valence-electron chi connectivity index (χ4n) is 2.70. The molecule has 0 aromatic heterocycles. The molecule has 1 amide bonds. The summed E-state index contributed by atoms with van der Waals surface area (Å²) in [6.07, 6.45) is 3.09. The van der Waals surface area contributed by atoms with E-state index in [1.807, 2.05) is 4.90 Å². The number of hydrogen-bond acceptors (Lipinski definition) is 3. The van der Waals surface area contributed by atoms with Crippen LogP contribution in [0.5, 0.6) is 0 Å². The van der Waals surface area contributed by atoms with Crippen LogP contribution in [-0.2, 0) is 9.53 Å². The second kappa shape index (κ2) is 5.36. The summed E-state index contributed by atoms with van der Waals surface area (Å²) in [5, 5.41) is 3.36. The molecule has 1 N–H and O–H groups in total. The summed E-state index contributed by atoms with van der Waals surface area (Å²) in [7, 11) is 0. The summed E-state index contributed by atoms with van der Waals surface area (Å²) in [5.41, 5.74) is -0.182. The highest BCUT2D eigenvalue weighted by molar-refractivity contribution is 5.76. The smallest absolute Gasteiger partial charge is 0.223 e. The molecule has 98 valence electrons. The van der Waals surface area contributed by atoms with Gasteiger partial charge in [-0.15, -0.1) is 0 Å². The molecule has 2 aliphatic heterocycles. The highest BCUT2D eigenvalue weighted by atomic mass is 16.5. The van der Waals surface area contributed by atoms with Crippen LogP contribution in [0.2, 0.25) is 0 Å². The SMILES string of the molecule is CC1(C)CN(C(=O)CC2CCCNC2)CCO1. The minimum atomic E-state index is -0.182. The molecule has 0 radical (unpaired) electrons. The number of morpholine rings is 1. The van der Waals surface area contributed by atoms with E-state index in [-0.39, 0.29) is 5.60 Å². The van der Waals surface area contributed by atoms with Gasteiger partial charge in [-0.05, 0) is 45.7 Å². The van der Waals surface area contributed by atoms with Crippen LogP contribution < -0.4 is 5.32 Å². The van der Waals surface area contributed by atoms with Crippen molar-refractivity contribution in [2.75, 3.05) is 32.8 Å². The number of rotatable bonds is 2. The van der Waals surface area contributed by atoms with Crippen molar-refractivity contribution in [3.8, 4) is 0 Å². The first-order valence-electron chi connectivity index (χ1n) is 6.69. The van der Waals surface area contributed by atoms with Crippen LogP contribution in [0.1, 0.15) is 33.1 Å². The molecule has 4 nitrogen and oxygen atoms in total. The van der Waals surface area contributed by atoms with E-state index in [2.05, 4.69) is 19.2 Å². The lowest BCUT2D eigenvalue weighted by Crippen LogP contribution is -2.51. The summed E-state index contributed by atoms with van der Waals surface area (Å²) in [4.78, 5) is 14.2. The van der Waals surface area contributed by atoms with Gasteiger partial charge in [0.1, 0.15) is 0 Å². The first kappa shape index (κ1) is 12.8. The Morgan fingerprint density at radius 1 is 1.53 bits per heavy atom. The average Bonchev–Trinajstić information content (AvgIpc) is 2.29. The normalized spacial score (nSPS) is 29.1. The predicted octanol–water partition coefficient (Wildman–Crippen LogP) is 1.01. The molecule has 2 saturated heterocycles. The van der Waals surface area contributed by atoms with E-state index >= 15 is 0 Å². The van der Waals surface area contributed by atoms with E-state index in [0.717, 1.165) is 26.2 Å². The highest BCUT2D eigenvalue weighted by Crippen LogP contribution is 2.20. The molecule has 0 spiro atoms. The van der Waals surface area contributed by atoms with Crippen LogP contribution in [0, 0.1) is 5.92 Å². The third-order valence-electron chi connectivity index (χ3n) is 3.64. The maximum absolute atomic E-state index is 12.2. The number of carbonyl (C=O) groups is 1. The molecular weight excluding hydrogens is 216 g/mol. The summed E-state index contributed by atoms with van der Waals surface area (Å²) >= 11 is 0. The molecule has 1 unspecified atom stereocenters. The lowest BCUT2D eigenvalue weighted by molar-refractivity contribution is -0.147. The number of nitrogens with one attached hydrogen (secondary N) is 1. The Kier molecular flexibility index (Phi) is 4.05. The van der Waals surface area contributed by atoms with Crippen molar-refractivity contribution >= 4 is 5.91 Å². The van der Waals surface area contributed by atoms with Gasteiger partial charge >= 0.3 is 0 Å². The molecule has 2 fully saturated rings. The van der Waals surface area contributed by atoms with Gasteiger partial charge in [0, 0.05) is 19.5 Å². The maximum Gasteiger partial charge on any atom is 0.223 e. The van der Waals surface area contributed by atoms with E-state index in [1.165, 1.54) is 12.8 Å². The molecule has 0 saturated carbocycles. The Hall–Kier alpha value is -0.610. The van der Waals surface area contributed by atoms with Crippen LogP contribution >= 0.6 is 0 Å². The molecule has 0 bridgehead atoms. The molecule has 2 aliphatic rings. The van der Waals surface area contributed by atoms with E-state index in [0.29, 0.717) is 24.9 Å². The number of ether oxygens (including phenoxy) is 1. The van der Waals surface area contributed by atoms with Crippen LogP contribution in [0.15, 0.2) is 0 Å². The molecule has 4 heteroatoms. The third-order valence-corrected chi connectivity index (χ3v) is 3.64. The number of piperidine rings is 1. The van der Waals surface area contributed by atoms with Gasteiger partial charge in [0.2, 0.25) is 5.91 Å². The molecule has 17 heavy (non-hydrogen) atoms. The molecule has 0 aliphatic carbocycles. The lowest BCUT2D eigenvalue weighted by Gasteiger charge is -2.38. The van der Waals surface area contributed by atoms with Gasteiger partial charge in [-0.3, -0.25) is 4.79 Å². The fraction of sp³-hybridized carbons (Fsp3) is 0.923. The monoisotopic (exact) mass is 240 g/mol. The first-order valence-corrected chi connectivity index (χ1v) is 6.69. The first-order chi connectivity index (χ1) is 8.07. The number of nitrogens with zero attached hydrogens (tertiary/aromatic N) is 1. The van der Waals surface area contributed by atoms with Crippen LogP contribution in [0.3, 0.4) is 0 Å². The minimum Gasteiger partial charge on any atom is -0.372 e. The molecule has 0 aromatic carbocycles.